The summed E-state index contributed by atoms with van der Waals surface area (Å²) in [6.45, 7) is 9.99. The van der Waals surface area contributed by atoms with Gasteiger partial charge in [0.05, 0.1) is 23.3 Å². The van der Waals surface area contributed by atoms with Crippen molar-refractivity contribution in [1.29, 1.82) is 0 Å². The topological polar surface area (TPSA) is 42.4 Å². The number of nitrogens with zero attached hydrogens (tertiary/aromatic N) is 1. The highest BCUT2D eigenvalue weighted by atomic mass is 32.1. The molecule has 1 aromatic carbocycles. The van der Waals surface area contributed by atoms with Crippen LogP contribution in [0.5, 0.6) is 5.75 Å². The first-order valence-electron chi connectivity index (χ1n) is 7.01. The van der Waals surface area contributed by atoms with Gasteiger partial charge in [-0.1, -0.05) is 20.8 Å². The number of ether oxygens (including phenoxy) is 1. The van der Waals surface area contributed by atoms with Crippen molar-refractivity contribution in [2.24, 2.45) is 0 Å². The first kappa shape index (κ1) is 16.0. The molecule has 1 N–H and O–H groups in total. The quantitative estimate of drug-likeness (QED) is 0.917. The highest BCUT2D eigenvalue weighted by Crippen LogP contribution is 2.40. The van der Waals surface area contributed by atoms with E-state index in [-0.39, 0.29) is 5.41 Å². The maximum atomic E-state index is 10.4. The molecule has 0 unspecified atom stereocenters. The van der Waals surface area contributed by atoms with Gasteiger partial charge in [-0.05, 0) is 38.1 Å². The summed E-state index contributed by atoms with van der Waals surface area (Å²) in [7, 11) is 1.66. The molecular formula is C17H23NO2S. The number of benzene rings is 1. The fourth-order valence-electron chi connectivity index (χ4n) is 2.10. The van der Waals surface area contributed by atoms with Gasteiger partial charge in [-0.15, -0.1) is 11.3 Å². The fraction of sp³-hybridized carbons (Fsp3) is 0.471. The molecule has 0 aliphatic rings. The molecule has 2 aromatic rings. The van der Waals surface area contributed by atoms with Crippen LogP contribution in [0.15, 0.2) is 24.3 Å². The lowest BCUT2D eigenvalue weighted by Gasteiger charge is -2.23. The van der Waals surface area contributed by atoms with Gasteiger partial charge in [0.2, 0.25) is 0 Å². The number of hydrogen-bond donors (Lipinski definition) is 1. The molecule has 0 saturated carbocycles. The van der Waals surface area contributed by atoms with Gasteiger partial charge < -0.3 is 9.84 Å². The Hall–Kier alpha value is -1.39. The zero-order chi connectivity index (χ0) is 15.8. The zero-order valence-electron chi connectivity index (χ0n) is 13.5. The van der Waals surface area contributed by atoms with Crippen molar-refractivity contribution in [2.45, 2.75) is 45.6 Å². The molecule has 114 valence electrons. The van der Waals surface area contributed by atoms with Gasteiger partial charge in [-0.2, -0.15) is 0 Å². The summed E-state index contributed by atoms with van der Waals surface area (Å²) in [6, 6.07) is 7.85. The molecule has 1 heterocycles. The van der Waals surface area contributed by atoms with Crippen LogP contribution >= 0.6 is 11.3 Å². The van der Waals surface area contributed by atoms with Gasteiger partial charge >= 0.3 is 0 Å². The molecule has 3 nitrogen and oxygen atoms in total. The van der Waals surface area contributed by atoms with Crippen molar-refractivity contribution in [2.75, 3.05) is 7.11 Å². The van der Waals surface area contributed by atoms with E-state index in [0.717, 1.165) is 26.9 Å². The van der Waals surface area contributed by atoms with Crippen LogP contribution in [-0.4, -0.2) is 17.2 Å². The number of rotatable bonds is 3. The van der Waals surface area contributed by atoms with Crippen LogP contribution in [-0.2, 0) is 11.0 Å². The number of thiazole rings is 1. The number of aliphatic hydroxyl groups is 1. The average molecular weight is 305 g/mol. The van der Waals surface area contributed by atoms with E-state index in [0.29, 0.717) is 0 Å². The van der Waals surface area contributed by atoms with Crippen molar-refractivity contribution < 1.29 is 9.84 Å². The SMILES string of the molecule is COc1ccc(-c2nc(C(C)(C)C)c(C(C)(C)O)s2)cc1. The van der Waals surface area contributed by atoms with E-state index >= 15 is 0 Å². The molecule has 0 aliphatic heterocycles. The summed E-state index contributed by atoms with van der Waals surface area (Å²) >= 11 is 1.56. The van der Waals surface area contributed by atoms with Crippen molar-refractivity contribution >= 4 is 11.3 Å². The summed E-state index contributed by atoms with van der Waals surface area (Å²) in [5.74, 6) is 0.828. The maximum absolute atomic E-state index is 10.4. The molecule has 0 amide bonds. The number of aromatic nitrogens is 1. The smallest absolute Gasteiger partial charge is 0.124 e. The molecule has 2 rings (SSSR count). The Morgan fingerprint density at radius 2 is 1.62 bits per heavy atom. The summed E-state index contributed by atoms with van der Waals surface area (Å²) < 4.78 is 5.19. The summed E-state index contributed by atoms with van der Waals surface area (Å²) in [4.78, 5) is 5.72. The minimum Gasteiger partial charge on any atom is -0.497 e. The minimum absolute atomic E-state index is 0.101. The van der Waals surface area contributed by atoms with Gasteiger partial charge in [0, 0.05) is 11.0 Å². The Labute approximate surface area is 130 Å². The lowest BCUT2D eigenvalue weighted by atomic mass is 9.88. The molecule has 21 heavy (non-hydrogen) atoms. The third-order valence-electron chi connectivity index (χ3n) is 3.23. The highest BCUT2D eigenvalue weighted by molar-refractivity contribution is 7.15. The van der Waals surface area contributed by atoms with Gasteiger partial charge in [0.1, 0.15) is 10.8 Å². The fourth-order valence-corrected chi connectivity index (χ4v) is 3.38. The van der Waals surface area contributed by atoms with E-state index in [4.69, 9.17) is 9.72 Å². The molecule has 0 aliphatic carbocycles. The predicted octanol–water partition coefficient (Wildman–Crippen LogP) is 4.34. The van der Waals surface area contributed by atoms with Crippen molar-refractivity contribution in [1.82, 2.24) is 4.98 Å². The molecule has 0 spiro atoms. The Morgan fingerprint density at radius 1 is 1.05 bits per heavy atom. The average Bonchev–Trinajstić information content (AvgIpc) is 2.84. The van der Waals surface area contributed by atoms with Gasteiger partial charge in [-0.25, -0.2) is 4.98 Å². The van der Waals surface area contributed by atoms with Crippen LogP contribution in [0, 0.1) is 0 Å². The second-order valence-corrected chi connectivity index (χ2v) is 7.73. The normalized spacial score (nSPS) is 12.5. The minimum atomic E-state index is -0.884. The van der Waals surface area contributed by atoms with E-state index in [9.17, 15) is 5.11 Å². The van der Waals surface area contributed by atoms with Crippen LogP contribution in [0.1, 0.15) is 45.2 Å². The molecule has 0 bridgehead atoms. The first-order chi connectivity index (χ1) is 9.63. The lowest BCUT2D eigenvalue weighted by molar-refractivity contribution is 0.0803. The van der Waals surface area contributed by atoms with Crippen molar-refractivity contribution in [3.8, 4) is 16.3 Å². The second kappa shape index (κ2) is 5.43. The van der Waals surface area contributed by atoms with Crippen LogP contribution in [0.2, 0.25) is 0 Å². The summed E-state index contributed by atoms with van der Waals surface area (Å²) in [6.07, 6.45) is 0. The molecule has 0 radical (unpaired) electrons. The molecule has 4 heteroatoms. The van der Waals surface area contributed by atoms with E-state index < -0.39 is 5.60 Å². The maximum Gasteiger partial charge on any atom is 0.124 e. The van der Waals surface area contributed by atoms with Crippen LogP contribution in [0.4, 0.5) is 0 Å². The largest absolute Gasteiger partial charge is 0.497 e. The van der Waals surface area contributed by atoms with Crippen LogP contribution < -0.4 is 4.74 Å². The zero-order valence-corrected chi connectivity index (χ0v) is 14.3. The Balaban J connectivity index is 2.53. The Bertz CT molecular complexity index is 584. The molecular weight excluding hydrogens is 282 g/mol. The van der Waals surface area contributed by atoms with E-state index in [1.54, 1.807) is 18.4 Å². The Kier molecular flexibility index (Phi) is 4.13. The van der Waals surface area contributed by atoms with Gasteiger partial charge in [-0.3, -0.25) is 0 Å². The first-order valence-corrected chi connectivity index (χ1v) is 7.83. The van der Waals surface area contributed by atoms with Gasteiger partial charge in [0.15, 0.2) is 0 Å². The van der Waals surface area contributed by atoms with Crippen molar-refractivity contribution in [3.05, 3.63) is 34.8 Å². The number of methoxy groups -OCH3 is 1. The number of hydrogen-bond acceptors (Lipinski definition) is 4. The second-order valence-electron chi connectivity index (χ2n) is 6.73. The van der Waals surface area contributed by atoms with Gasteiger partial charge in [0.25, 0.3) is 0 Å². The van der Waals surface area contributed by atoms with E-state index in [1.165, 1.54) is 0 Å². The highest BCUT2D eigenvalue weighted by Gasteiger charge is 2.31. The van der Waals surface area contributed by atoms with E-state index in [2.05, 4.69) is 20.8 Å². The standard InChI is InChI=1S/C17H23NO2S/c1-16(2,3)13-14(17(4,5)19)21-15(18-13)11-7-9-12(20-6)10-8-11/h7-10,19H,1-6H3. The molecule has 1 aromatic heterocycles. The van der Waals surface area contributed by atoms with Crippen LogP contribution in [0.25, 0.3) is 10.6 Å². The Morgan fingerprint density at radius 3 is 2.00 bits per heavy atom. The third-order valence-corrected chi connectivity index (χ3v) is 4.65. The van der Waals surface area contributed by atoms with Crippen LogP contribution in [0.3, 0.4) is 0 Å². The molecule has 0 fully saturated rings. The summed E-state index contributed by atoms with van der Waals surface area (Å²) in [5, 5.41) is 11.4. The van der Waals surface area contributed by atoms with Crippen molar-refractivity contribution in [3.63, 3.8) is 0 Å². The molecule has 0 saturated heterocycles. The summed E-state index contributed by atoms with van der Waals surface area (Å²) in [5.41, 5.74) is 1.02. The lowest BCUT2D eigenvalue weighted by Crippen LogP contribution is -2.22. The monoisotopic (exact) mass is 305 g/mol. The van der Waals surface area contributed by atoms with E-state index in [1.807, 2.05) is 38.1 Å². The third kappa shape index (κ3) is 3.44. The molecule has 0 atom stereocenters. The predicted molar refractivity (Wildman–Crippen MR) is 88.0 cm³/mol.